The topological polar surface area (TPSA) is 76.8 Å². The Kier molecular flexibility index (Phi) is 7.44. The molecular weight excluding hydrogens is 306 g/mol. The van der Waals surface area contributed by atoms with E-state index >= 15 is 0 Å². The summed E-state index contributed by atoms with van der Waals surface area (Å²) in [7, 11) is 3.27. The molecule has 0 unspecified atom stereocenters. The van der Waals surface area contributed by atoms with Gasteiger partial charge >= 0.3 is 0 Å². The molecule has 22 heavy (non-hydrogen) atoms. The second-order valence-electron chi connectivity index (χ2n) is 5.08. The highest BCUT2D eigenvalue weighted by molar-refractivity contribution is 5.85. The number of ether oxygens (including phenoxy) is 2. The standard InChI is InChI=1S/C15H23N3O3.ClH/c1-20-13-7-11-3-6-18(10-15(19)17-5-4-16)9-12(11)8-14(13)21-2;/h7-8H,3-6,9-10,16H2,1-2H3,(H,17,19);1H. The number of carbonyl (C=O) groups excluding carboxylic acids is 1. The molecule has 7 heteroatoms. The van der Waals surface area contributed by atoms with Crippen LogP contribution >= 0.6 is 12.4 Å². The van der Waals surface area contributed by atoms with E-state index in [4.69, 9.17) is 15.2 Å². The van der Waals surface area contributed by atoms with Gasteiger partial charge in [0.15, 0.2) is 11.5 Å². The Bertz CT molecular complexity index is 511. The van der Waals surface area contributed by atoms with Gasteiger partial charge in [-0.2, -0.15) is 0 Å². The van der Waals surface area contributed by atoms with Gasteiger partial charge < -0.3 is 20.5 Å². The minimum atomic E-state index is 0. The van der Waals surface area contributed by atoms with Crippen molar-refractivity contribution in [3.63, 3.8) is 0 Å². The predicted molar refractivity (Wildman–Crippen MR) is 87.8 cm³/mol. The maximum Gasteiger partial charge on any atom is 0.234 e. The molecule has 1 aromatic rings. The van der Waals surface area contributed by atoms with E-state index in [0.717, 1.165) is 31.0 Å². The molecule has 0 aliphatic carbocycles. The molecule has 1 aliphatic heterocycles. The third-order valence-corrected chi connectivity index (χ3v) is 3.63. The normalized spacial score (nSPS) is 13.8. The third-order valence-electron chi connectivity index (χ3n) is 3.63. The fourth-order valence-electron chi connectivity index (χ4n) is 2.55. The summed E-state index contributed by atoms with van der Waals surface area (Å²) in [5.74, 6) is 1.50. The highest BCUT2D eigenvalue weighted by Gasteiger charge is 2.20. The van der Waals surface area contributed by atoms with Crippen molar-refractivity contribution in [2.24, 2.45) is 5.73 Å². The fourth-order valence-corrected chi connectivity index (χ4v) is 2.55. The van der Waals surface area contributed by atoms with Crippen molar-refractivity contribution >= 4 is 18.3 Å². The summed E-state index contributed by atoms with van der Waals surface area (Å²) in [6, 6.07) is 4.03. The number of hydrogen-bond acceptors (Lipinski definition) is 5. The summed E-state index contributed by atoms with van der Waals surface area (Å²) in [6.07, 6.45) is 0.903. The lowest BCUT2D eigenvalue weighted by atomic mass is 9.99. The van der Waals surface area contributed by atoms with E-state index < -0.39 is 0 Å². The molecule has 0 spiro atoms. The van der Waals surface area contributed by atoms with Gasteiger partial charge in [0.05, 0.1) is 20.8 Å². The zero-order chi connectivity index (χ0) is 15.2. The van der Waals surface area contributed by atoms with E-state index in [1.54, 1.807) is 14.2 Å². The first kappa shape index (κ1) is 18.5. The molecule has 1 aromatic carbocycles. The van der Waals surface area contributed by atoms with Gasteiger partial charge in [-0.3, -0.25) is 9.69 Å². The van der Waals surface area contributed by atoms with Crippen molar-refractivity contribution in [2.75, 3.05) is 40.4 Å². The third kappa shape index (κ3) is 4.50. The maximum atomic E-state index is 11.8. The van der Waals surface area contributed by atoms with Crippen LogP contribution in [-0.2, 0) is 17.8 Å². The summed E-state index contributed by atoms with van der Waals surface area (Å²) in [6.45, 7) is 2.98. The Labute approximate surface area is 137 Å². The Morgan fingerprint density at radius 1 is 1.27 bits per heavy atom. The van der Waals surface area contributed by atoms with Crippen LogP contribution in [-0.4, -0.2) is 51.2 Å². The van der Waals surface area contributed by atoms with Crippen molar-refractivity contribution in [1.82, 2.24) is 10.2 Å². The molecule has 2 rings (SSSR count). The smallest absolute Gasteiger partial charge is 0.234 e. The zero-order valence-electron chi connectivity index (χ0n) is 13.1. The number of fused-ring (bicyclic) bond motifs is 1. The van der Waals surface area contributed by atoms with Crippen molar-refractivity contribution in [3.05, 3.63) is 23.3 Å². The molecule has 0 radical (unpaired) electrons. The number of nitrogens with one attached hydrogen (secondary N) is 1. The van der Waals surface area contributed by atoms with Gasteiger partial charge in [0.25, 0.3) is 0 Å². The van der Waals surface area contributed by atoms with E-state index in [0.29, 0.717) is 19.6 Å². The average molecular weight is 330 g/mol. The van der Waals surface area contributed by atoms with Crippen LogP contribution in [0.3, 0.4) is 0 Å². The molecule has 0 saturated heterocycles. The Balaban J connectivity index is 0.00000242. The van der Waals surface area contributed by atoms with E-state index in [2.05, 4.69) is 10.2 Å². The van der Waals surface area contributed by atoms with Crippen LogP contribution < -0.4 is 20.5 Å². The fraction of sp³-hybridized carbons (Fsp3) is 0.533. The number of halogens is 1. The monoisotopic (exact) mass is 329 g/mol. The van der Waals surface area contributed by atoms with Crippen molar-refractivity contribution < 1.29 is 14.3 Å². The van der Waals surface area contributed by atoms with Crippen LogP contribution in [0.25, 0.3) is 0 Å². The van der Waals surface area contributed by atoms with Gasteiger partial charge in [0.2, 0.25) is 5.91 Å². The molecular formula is C15H24ClN3O3. The van der Waals surface area contributed by atoms with Gasteiger partial charge in [0.1, 0.15) is 0 Å². The van der Waals surface area contributed by atoms with Crippen LogP contribution in [0, 0.1) is 0 Å². The number of benzene rings is 1. The number of methoxy groups -OCH3 is 2. The van der Waals surface area contributed by atoms with Crippen molar-refractivity contribution in [2.45, 2.75) is 13.0 Å². The first-order valence-electron chi connectivity index (χ1n) is 7.10. The highest BCUT2D eigenvalue weighted by Crippen LogP contribution is 2.33. The van der Waals surface area contributed by atoms with Crippen molar-refractivity contribution in [1.29, 1.82) is 0 Å². The summed E-state index contributed by atoms with van der Waals surface area (Å²) >= 11 is 0. The minimum absolute atomic E-state index is 0. The lowest BCUT2D eigenvalue weighted by molar-refractivity contribution is -0.122. The van der Waals surface area contributed by atoms with Gasteiger partial charge in [-0.05, 0) is 29.7 Å². The Morgan fingerprint density at radius 3 is 2.50 bits per heavy atom. The lowest BCUT2D eigenvalue weighted by Gasteiger charge is -2.29. The van der Waals surface area contributed by atoms with Crippen LogP contribution in [0.1, 0.15) is 11.1 Å². The molecule has 0 atom stereocenters. The van der Waals surface area contributed by atoms with Gasteiger partial charge in [-0.15, -0.1) is 12.4 Å². The van der Waals surface area contributed by atoms with Crippen LogP contribution in [0.4, 0.5) is 0 Å². The molecule has 124 valence electrons. The molecule has 0 bridgehead atoms. The number of rotatable bonds is 6. The van der Waals surface area contributed by atoms with Crippen molar-refractivity contribution in [3.8, 4) is 11.5 Å². The number of nitrogens with two attached hydrogens (primary N) is 1. The van der Waals surface area contributed by atoms with Crippen LogP contribution in [0.2, 0.25) is 0 Å². The molecule has 1 amide bonds. The number of carbonyl (C=O) groups is 1. The maximum absolute atomic E-state index is 11.8. The zero-order valence-corrected chi connectivity index (χ0v) is 13.9. The summed E-state index contributed by atoms with van der Waals surface area (Å²) in [4.78, 5) is 13.9. The molecule has 0 fully saturated rings. The Morgan fingerprint density at radius 2 is 1.91 bits per heavy atom. The molecule has 0 aromatic heterocycles. The minimum Gasteiger partial charge on any atom is -0.493 e. The molecule has 0 saturated carbocycles. The molecule has 1 aliphatic rings. The second-order valence-corrected chi connectivity index (χ2v) is 5.08. The molecule has 1 heterocycles. The molecule has 6 nitrogen and oxygen atoms in total. The largest absolute Gasteiger partial charge is 0.493 e. The van der Waals surface area contributed by atoms with E-state index in [1.807, 2.05) is 12.1 Å². The van der Waals surface area contributed by atoms with Gasteiger partial charge in [-0.1, -0.05) is 0 Å². The highest BCUT2D eigenvalue weighted by atomic mass is 35.5. The average Bonchev–Trinajstić information content (AvgIpc) is 2.51. The number of nitrogens with zero attached hydrogens (tertiary/aromatic N) is 1. The summed E-state index contributed by atoms with van der Waals surface area (Å²) in [5.41, 5.74) is 7.82. The first-order chi connectivity index (χ1) is 10.2. The molecule has 3 N–H and O–H groups in total. The number of amides is 1. The van der Waals surface area contributed by atoms with Gasteiger partial charge in [-0.25, -0.2) is 0 Å². The first-order valence-corrected chi connectivity index (χ1v) is 7.10. The quantitative estimate of drug-likeness (QED) is 0.797. The van der Waals surface area contributed by atoms with Gasteiger partial charge in [0, 0.05) is 26.2 Å². The Hall–Kier alpha value is -1.50. The van der Waals surface area contributed by atoms with E-state index in [9.17, 15) is 4.79 Å². The summed E-state index contributed by atoms with van der Waals surface area (Å²) < 4.78 is 10.7. The lowest BCUT2D eigenvalue weighted by Crippen LogP contribution is -2.41. The van der Waals surface area contributed by atoms with E-state index in [1.165, 1.54) is 11.1 Å². The predicted octanol–water partition coefficient (Wildman–Crippen LogP) is 0.559. The SMILES string of the molecule is COc1cc2c(cc1OC)CN(CC(=O)NCCN)CC2.Cl. The summed E-state index contributed by atoms with van der Waals surface area (Å²) in [5, 5.41) is 2.79. The second kappa shape index (κ2) is 8.82. The number of hydrogen-bond donors (Lipinski definition) is 2. The van der Waals surface area contributed by atoms with Crippen LogP contribution in [0.5, 0.6) is 11.5 Å². The van der Waals surface area contributed by atoms with E-state index in [-0.39, 0.29) is 18.3 Å². The van der Waals surface area contributed by atoms with Crippen LogP contribution in [0.15, 0.2) is 12.1 Å².